The van der Waals surface area contributed by atoms with Crippen molar-refractivity contribution >= 4 is 28.6 Å². The van der Waals surface area contributed by atoms with Gasteiger partial charge >= 0.3 is 0 Å². The van der Waals surface area contributed by atoms with Crippen LogP contribution in [0.2, 0.25) is 0 Å². The number of aryl methyl sites for hydroxylation is 2. The molecule has 104 valence electrons. The van der Waals surface area contributed by atoms with Crippen LogP contribution in [0.15, 0.2) is 24.3 Å². The lowest BCUT2D eigenvalue weighted by atomic mass is 9.99. The summed E-state index contributed by atoms with van der Waals surface area (Å²) in [6.45, 7) is 0. The lowest BCUT2D eigenvalue weighted by Crippen LogP contribution is -2.11. The number of thiophene rings is 1. The van der Waals surface area contributed by atoms with E-state index in [9.17, 15) is 9.18 Å². The van der Waals surface area contributed by atoms with Gasteiger partial charge in [0.25, 0.3) is 5.91 Å². The number of nitrogens with one attached hydrogen (secondary N) is 1. The Morgan fingerprint density at radius 1 is 1.25 bits per heavy atom. The number of nitrogens with two attached hydrogens (primary N) is 1. The maximum Gasteiger partial charge on any atom is 0.265 e. The summed E-state index contributed by atoms with van der Waals surface area (Å²) in [4.78, 5) is 14.1. The molecule has 0 radical (unpaired) electrons. The Labute approximate surface area is 120 Å². The van der Waals surface area contributed by atoms with E-state index >= 15 is 0 Å². The number of nitrogen functional groups attached to an aromatic ring is 1. The van der Waals surface area contributed by atoms with Gasteiger partial charge in [-0.05, 0) is 55.5 Å². The van der Waals surface area contributed by atoms with Crippen LogP contribution < -0.4 is 11.1 Å². The van der Waals surface area contributed by atoms with Crippen molar-refractivity contribution in [2.24, 2.45) is 0 Å². The molecule has 0 atom stereocenters. The topological polar surface area (TPSA) is 55.1 Å². The van der Waals surface area contributed by atoms with Crippen LogP contribution in [0.1, 0.15) is 33.0 Å². The first-order valence-electron chi connectivity index (χ1n) is 6.61. The molecule has 0 fully saturated rings. The summed E-state index contributed by atoms with van der Waals surface area (Å²) in [6, 6.07) is 6.08. The van der Waals surface area contributed by atoms with Gasteiger partial charge in [-0.2, -0.15) is 0 Å². The molecule has 5 heteroatoms. The van der Waals surface area contributed by atoms with E-state index in [2.05, 4.69) is 5.32 Å². The minimum absolute atomic E-state index is 0.126. The molecule has 0 saturated heterocycles. The highest BCUT2D eigenvalue weighted by atomic mass is 32.1. The monoisotopic (exact) mass is 290 g/mol. The Morgan fingerprint density at radius 2 is 2.05 bits per heavy atom. The number of carbonyl (C=O) groups is 1. The lowest BCUT2D eigenvalue weighted by Gasteiger charge is -2.08. The Balaban J connectivity index is 1.82. The highest BCUT2D eigenvalue weighted by Gasteiger charge is 2.18. The average Bonchev–Trinajstić information content (AvgIpc) is 2.87. The number of amides is 1. The van der Waals surface area contributed by atoms with Gasteiger partial charge in [0.05, 0.1) is 10.6 Å². The third kappa shape index (κ3) is 2.54. The molecule has 2 aromatic rings. The minimum atomic E-state index is -0.478. The predicted octanol–water partition coefficient (Wildman–Crippen LogP) is 3.60. The summed E-state index contributed by atoms with van der Waals surface area (Å²) < 4.78 is 13.6. The number of hydrogen-bond donors (Lipinski definition) is 2. The van der Waals surface area contributed by atoms with E-state index in [1.165, 1.54) is 52.8 Å². The van der Waals surface area contributed by atoms with Gasteiger partial charge in [0.2, 0.25) is 0 Å². The number of carbonyl (C=O) groups excluding carboxylic acids is 1. The maximum absolute atomic E-state index is 13.6. The standard InChI is InChI=1S/C15H15FN2OS/c16-11-6-5-10(17)8-12(11)18-15(19)14-7-9-3-1-2-4-13(9)20-14/h5-8H,1-4,17H2,(H,18,19). The summed E-state index contributed by atoms with van der Waals surface area (Å²) in [5, 5.41) is 2.59. The van der Waals surface area contributed by atoms with Gasteiger partial charge in [0.15, 0.2) is 0 Å². The zero-order valence-corrected chi connectivity index (χ0v) is 11.7. The van der Waals surface area contributed by atoms with Crippen molar-refractivity contribution < 1.29 is 9.18 Å². The van der Waals surface area contributed by atoms with Crippen LogP contribution >= 0.6 is 11.3 Å². The molecule has 0 unspecified atom stereocenters. The number of hydrogen-bond acceptors (Lipinski definition) is 3. The van der Waals surface area contributed by atoms with Crippen molar-refractivity contribution in [1.82, 2.24) is 0 Å². The Hall–Kier alpha value is -1.88. The Bertz CT molecular complexity index is 642. The maximum atomic E-state index is 13.6. The second kappa shape index (κ2) is 5.25. The van der Waals surface area contributed by atoms with E-state index in [-0.39, 0.29) is 11.6 Å². The van der Waals surface area contributed by atoms with Crippen LogP contribution in [-0.4, -0.2) is 5.91 Å². The molecule has 0 saturated carbocycles. The molecule has 20 heavy (non-hydrogen) atoms. The number of halogens is 1. The lowest BCUT2D eigenvalue weighted by molar-refractivity contribution is 0.103. The van der Waals surface area contributed by atoms with Gasteiger partial charge in [-0.1, -0.05) is 0 Å². The van der Waals surface area contributed by atoms with Gasteiger partial charge < -0.3 is 11.1 Å². The van der Waals surface area contributed by atoms with E-state index in [0.29, 0.717) is 10.6 Å². The number of rotatable bonds is 2. The fourth-order valence-electron chi connectivity index (χ4n) is 2.43. The molecule has 1 amide bonds. The second-order valence-corrected chi connectivity index (χ2v) is 6.10. The molecular weight excluding hydrogens is 275 g/mol. The van der Waals surface area contributed by atoms with Gasteiger partial charge in [-0.15, -0.1) is 11.3 Å². The highest BCUT2D eigenvalue weighted by molar-refractivity contribution is 7.14. The van der Waals surface area contributed by atoms with Crippen molar-refractivity contribution in [3.05, 3.63) is 45.4 Å². The molecule has 0 spiro atoms. The van der Waals surface area contributed by atoms with E-state index < -0.39 is 5.82 Å². The first kappa shape index (κ1) is 13.1. The first-order valence-corrected chi connectivity index (χ1v) is 7.43. The third-order valence-corrected chi connectivity index (χ3v) is 4.69. The number of fused-ring (bicyclic) bond motifs is 1. The van der Waals surface area contributed by atoms with Crippen LogP contribution in [0.4, 0.5) is 15.8 Å². The molecule has 1 aromatic heterocycles. The Kier molecular flexibility index (Phi) is 3.44. The number of anilines is 2. The van der Waals surface area contributed by atoms with Crippen molar-refractivity contribution in [3.8, 4) is 0 Å². The van der Waals surface area contributed by atoms with E-state index in [0.717, 1.165) is 12.8 Å². The normalized spacial score (nSPS) is 13.8. The zero-order chi connectivity index (χ0) is 14.1. The fourth-order valence-corrected chi connectivity index (χ4v) is 3.57. The molecule has 1 aromatic carbocycles. The van der Waals surface area contributed by atoms with Crippen LogP contribution in [0.3, 0.4) is 0 Å². The Morgan fingerprint density at radius 3 is 2.85 bits per heavy atom. The number of benzene rings is 1. The summed E-state index contributed by atoms with van der Waals surface area (Å²) in [5.41, 5.74) is 7.42. The summed E-state index contributed by atoms with van der Waals surface area (Å²) >= 11 is 1.51. The molecule has 1 heterocycles. The third-order valence-electron chi connectivity index (χ3n) is 3.46. The van der Waals surface area contributed by atoms with E-state index in [4.69, 9.17) is 5.73 Å². The minimum Gasteiger partial charge on any atom is -0.399 e. The molecule has 3 rings (SSSR count). The van der Waals surface area contributed by atoms with Crippen molar-refractivity contribution in [1.29, 1.82) is 0 Å². The molecule has 3 N–H and O–H groups in total. The highest BCUT2D eigenvalue weighted by Crippen LogP contribution is 2.30. The molecule has 0 aliphatic heterocycles. The van der Waals surface area contributed by atoms with Crippen molar-refractivity contribution in [2.45, 2.75) is 25.7 Å². The fraction of sp³-hybridized carbons (Fsp3) is 0.267. The van der Waals surface area contributed by atoms with Crippen molar-refractivity contribution in [3.63, 3.8) is 0 Å². The van der Waals surface area contributed by atoms with Gasteiger partial charge in [-0.25, -0.2) is 4.39 Å². The van der Waals surface area contributed by atoms with Crippen molar-refractivity contribution in [2.75, 3.05) is 11.1 Å². The molecule has 0 bridgehead atoms. The van der Waals surface area contributed by atoms with Gasteiger partial charge in [0.1, 0.15) is 5.82 Å². The smallest absolute Gasteiger partial charge is 0.265 e. The molecule has 1 aliphatic rings. The second-order valence-electron chi connectivity index (χ2n) is 4.96. The van der Waals surface area contributed by atoms with Crippen LogP contribution in [-0.2, 0) is 12.8 Å². The van der Waals surface area contributed by atoms with E-state index in [1.807, 2.05) is 6.07 Å². The summed E-state index contributed by atoms with van der Waals surface area (Å²) in [7, 11) is 0. The summed E-state index contributed by atoms with van der Waals surface area (Å²) in [5.74, 6) is -0.747. The van der Waals surface area contributed by atoms with Gasteiger partial charge in [0, 0.05) is 10.6 Å². The molecule has 3 nitrogen and oxygen atoms in total. The largest absolute Gasteiger partial charge is 0.399 e. The molecular formula is C15H15FN2OS. The van der Waals surface area contributed by atoms with Crippen LogP contribution in [0.5, 0.6) is 0 Å². The average molecular weight is 290 g/mol. The quantitative estimate of drug-likeness (QED) is 0.830. The molecule has 1 aliphatic carbocycles. The summed E-state index contributed by atoms with van der Waals surface area (Å²) in [6.07, 6.45) is 4.43. The van der Waals surface area contributed by atoms with Crippen LogP contribution in [0.25, 0.3) is 0 Å². The SMILES string of the molecule is Nc1ccc(F)c(NC(=O)c2cc3c(s2)CCCC3)c1. The predicted molar refractivity (Wildman–Crippen MR) is 79.7 cm³/mol. The van der Waals surface area contributed by atoms with E-state index in [1.54, 1.807) is 0 Å². The van der Waals surface area contributed by atoms with Crippen LogP contribution in [0, 0.1) is 5.82 Å². The van der Waals surface area contributed by atoms with Gasteiger partial charge in [-0.3, -0.25) is 4.79 Å². The first-order chi connectivity index (χ1) is 9.63. The zero-order valence-electron chi connectivity index (χ0n) is 10.9.